The third-order valence-corrected chi connectivity index (χ3v) is 2.43. The third-order valence-electron chi connectivity index (χ3n) is 2.43. The van der Waals surface area contributed by atoms with Crippen LogP contribution in [0.1, 0.15) is 11.3 Å². The maximum absolute atomic E-state index is 9.05. The largest absolute Gasteiger partial charge is 0.496 e. The third kappa shape index (κ3) is 1.66. The Balaban J connectivity index is 2.78. The van der Waals surface area contributed by atoms with Crippen molar-refractivity contribution in [3.63, 3.8) is 0 Å². The Morgan fingerprint density at radius 3 is 2.87 bits per heavy atom. The molecule has 1 aromatic carbocycles. The van der Waals surface area contributed by atoms with Gasteiger partial charge in [-0.2, -0.15) is 0 Å². The quantitative estimate of drug-likeness (QED) is 0.812. The minimum Gasteiger partial charge on any atom is -0.496 e. The van der Waals surface area contributed by atoms with Crippen molar-refractivity contribution in [2.75, 3.05) is 7.11 Å². The molecule has 78 valence electrons. The lowest BCUT2D eigenvalue weighted by atomic mass is 10.1. The lowest BCUT2D eigenvalue weighted by Crippen LogP contribution is -1.94. The van der Waals surface area contributed by atoms with Gasteiger partial charge in [-0.3, -0.25) is 4.98 Å². The van der Waals surface area contributed by atoms with E-state index in [4.69, 9.17) is 9.84 Å². The van der Waals surface area contributed by atoms with Crippen molar-refractivity contribution in [2.45, 2.75) is 13.5 Å². The molecule has 15 heavy (non-hydrogen) atoms. The number of aliphatic hydroxyl groups is 1. The standard InChI is InChI=1S/C12H13NO2/c1-8-6-9(7-14)13-10-4-3-5-11(15-2)12(8)10/h3-6,14H,7H2,1-2H3. The van der Waals surface area contributed by atoms with Gasteiger partial charge in [-0.15, -0.1) is 0 Å². The molecule has 0 saturated heterocycles. The number of nitrogens with zero attached hydrogens (tertiary/aromatic N) is 1. The molecule has 0 spiro atoms. The van der Waals surface area contributed by atoms with Gasteiger partial charge in [0, 0.05) is 5.39 Å². The molecule has 0 atom stereocenters. The number of hydrogen-bond acceptors (Lipinski definition) is 3. The molecule has 3 nitrogen and oxygen atoms in total. The zero-order valence-corrected chi connectivity index (χ0v) is 8.82. The summed E-state index contributed by atoms with van der Waals surface area (Å²) in [7, 11) is 1.65. The molecule has 0 aliphatic rings. The van der Waals surface area contributed by atoms with E-state index < -0.39 is 0 Å². The van der Waals surface area contributed by atoms with Crippen LogP contribution < -0.4 is 4.74 Å². The molecule has 2 rings (SSSR count). The number of rotatable bonds is 2. The maximum Gasteiger partial charge on any atom is 0.128 e. The van der Waals surface area contributed by atoms with Crippen LogP contribution in [0.5, 0.6) is 5.75 Å². The first-order chi connectivity index (χ1) is 7.26. The molecule has 0 unspecified atom stereocenters. The van der Waals surface area contributed by atoms with Crippen molar-refractivity contribution in [3.8, 4) is 5.75 Å². The molecular weight excluding hydrogens is 190 g/mol. The van der Waals surface area contributed by atoms with Crippen molar-refractivity contribution in [3.05, 3.63) is 35.5 Å². The highest BCUT2D eigenvalue weighted by Gasteiger charge is 2.06. The van der Waals surface area contributed by atoms with Gasteiger partial charge in [-0.05, 0) is 30.7 Å². The van der Waals surface area contributed by atoms with Crippen molar-refractivity contribution >= 4 is 10.9 Å². The minimum atomic E-state index is -0.0337. The second kappa shape index (κ2) is 3.87. The van der Waals surface area contributed by atoms with E-state index in [0.29, 0.717) is 5.69 Å². The molecule has 3 heteroatoms. The van der Waals surface area contributed by atoms with E-state index in [1.165, 1.54) is 0 Å². The monoisotopic (exact) mass is 203 g/mol. The molecule has 1 N–H and O–H groups in total. The number of ether oxygens (including phenoxy) is 1. The van der Waals surface area contributed by atoms with Crippen LogP contribution in [0.4, 0.5) is 0 Å². The first-order valence-electron chi connectivity index (χ1n) is 4.80. The number of fused-ring (bicyclic) bond motifs is 1. The molecule has 0 aliphatic carbocycles. The zero-order valence-electron chi connectivity index (χ0n) is 8.82. The zero-order chi connectivity index (χ0) is 10.8. The molecule has 0 amide bonds. The Hall–Kier alpha value is -1.61. The highest BCUT2D eigenvalue weighted by molar-refractivity contribution is 5.88. The molecule has 1 heterocycles. The predicted octanol–water partition coefficient (Wildman–Crippen LogP) is 2.04. The Morgan fingerprint density at radius 1 is 1.40 bits per heavy atom. The number of benzene rings is 1. The summed E-state index contributed by atoms with van der Waals surface area (Å²) < 4.78 is 5.28. The fourth-order valence-corrected chi connectivity index (χ4v) is 1.77. The second-order valence-electron chi connectivity index (χ2n) is 3.44. The minimum absolute atomic E-state index is 0.0337. The van der Waals surface area contributed by atoms with Crippen LogP contribution in [0.25, 0.3) is 10.9 Å². The average molecular weight is 203 g/mol. The SMILES string of the molecule is COc1cccc2nc(CO)cc(C)c12. The van der Waals surface area contributed by atoms with Crippen LogP contribution in [0.3, 0.4) is 0 Å². The fourth-order valence-electron chi connectivity index (χ4n) is 1.77. The number of aromatic nitrogens is 1. The van der Waals surface area contributed by atoms with E-state index in [2.05, 4.69) is 4.98 Å². The summed E-state index contributed by atoms with van der Waals surface area (Å²) in [4.78, 5) is 4.33. The van der Waals surface area contributed by atoms with Gasteiger partial charge in [0.05, 0.1) is 24.9 Å². The first kappa shape index (κ1) is 9.93. The molecular formula is C12H13NO2. The van der Waals surface area contributed by atoms with Gasteiger partial charge in [0.25, 0.3) is 0 Å². The van der Waals surface area contributed by atoms with E-state index in [0.717, 1.165) is 22.2 Å². The molecule has 1 aromatic heterocycles. The lowest BCUT2D eigenvalue weighted by molar-refractivity contribution is 0.277. The molecule has 0 aliphatic heterocycles. The van der Waals surface area contributed by atoms with Crippen LogP contribution in [0.15, 0.2) is 24.3 Å². The van der Waals surface area contributed by atoms with Crippen LogP contribution in [-0.4, -0.2) is 17.2 Å². The molecule has 0 saturated carbocycles. The summed E-state index contributed by atoms with van der Waals surface area (Å²) in [5.74, 6) is 0.821. The number of aliphatic hydroxyl groups excluding tert-OH is 1. The molecule has 0 radical (unpaired) electrons. The summed E-state index contributed by atoms with van der Waals surface area (Å²) in [6, 6.07) is 7.61. The summed E-state index contributed by atoms with van der Waals surface area (Å²) in [6.07, 6.45) is 0. The summed E-state index contributed by atoms with van der Waals surface area (Å²) >= 11 is 0. The van der Waals surface area contributed by atoms with Crippen LogP contribution in [-0.2, 0) is 6.61 Å². The highest BCUT2D eigenvalue weighted by Crippen LogP contribution is 2.27. The number of pyridine rings is 1. The molecule has 0 bridgehead atoms. The Labute approximate surface area is 88.3 Å². The lowest BCUT2D eigenvalue weighted by Gasteiger charge is -2.08. The van der Waals surface area contributed by atoms with Gasteiger partial charge in [-0.1, -0.05) is 6.07 Å². The van der Waals surface area contributed by atoms with E-state index in [9.17, 15) is 0 Å². The number of hydrogen-bond donors (Lipinski definition) is 1. The van der Waals surface area contributed by atoms with Gasteiger partial charge in [0.15, 0.2) is 0 Å². The number of methoxy groups -OCH3 is 1. The van der Waals surface area contributed by atoms with Crippen LogP contribution in [0.2, 0.25) is 0 Å². The van der Waals surface area contributed by atoms with Crippen molar-refractivity contribution < 1.29 is 9.84 Å². The molecule has 2 aromatic rings. The molecule has 0 fully saturated rings. The maximum atomic E-state index is 9.05. The van der Waals surface area contributed by atoms with E-state index >= 15 is 0 Å². The summed E-state index contributed by atoms with van der Waals surface area (Å²) in [5.41, 5.74) is 2.62. The normalized spacial score (nSPS) is 10.6. The Bertz CT molecular complexity index is 494. The smallest absolute Gasteiger partial charge is 0.128 e. The second-order valence-corrected chi connectivity index (χ2v) is 3.44. The Morgan fingerprint density at radius 2 is 2.20 bits per heavy atom. The number of aryl methyl sites for hydroxylation is 1. The summed E-state index contributed by atoms with van der Waals surface area (Å²) in [6.45, 7) is 1.96. The van der Waals surface area contributed by atoms with Crippen LogP contribution >= 0.6 is 0 Å². The predicted molar refractivity (Wildman–Crippen MR) is 59.0 cm³/mol. The van der Waals surface area contributed by atoms with Crippen molar-refractivity contribution in [1.82, 2.24) is 4.98 Å². The van der Waals surface area contributed by atoms with Crippen LogP contribution in [0, 0.1) is 6.92 Å². The van der Waals surface area contributed by atoms with E-state index in [1.807, 2.05) is 31.2 Å². The first-order valence-corrected chi connectivity index (χ1v) is 4.80. The van der Waals surface area contributed by atoms with Gasteiger partial charge in [0.2, 0.25) is 0 Å². The highest BCUT2D eigenvalue weighted by atomic mass is 16.5. The van der Waals surface area contributed by atoms with Crippen molar-refractivity contribution in [1.29, 1.82) is 0 Å². The van der Waals surface area contributed by atoms with E-state index in [-0.39, 0.29) is 6.61 Å². The van der Waals surface area contributed by atoms with Gasteiger partial charge >= 0.3 is 0 Å². The Kier molecular flexibility index (Phi) is 2.56. The average Bonchev–Trinajstić information content (AvgIpc) is 2.27. The van der Waals surface area contributed by atoms with Gasteiger partial charge in [-0.25, -0.2) is 0 Å². The van der Waals surface area contributed by atoms with Gasteiger partial charge < -0.3 is 9.84 Å². The summed E-state index contributed by atoms with van der Waals surface area (Å²) in [5, 5.41) is 10.1. The fraction of sp³-hybridized carbons (Fsp3) is 0.250. The topological polar surface area (TPSA) is 42.4 Å². The van der Waals surface area contributed by atoms with E-state index in [1.54, 1.807) is 7.11 Å². The van der Waals surface area contributed by atoms with Gasteiger partial charge in [0.1, 0.15) is 5.75 Å². The van der Waals surface area contributed by atoms with Crippen molar-refractivity contribution in [2.24, 2.45) is 0 Å².